The van der Waals surface area contributed by atoms with Gasteiger partial charge < -0.3 is 14.4 Å². The zero-order valence-electron chi connectivity index (χ0n) is 15.5. The molecule has 0 aliphatic rings. The van der Waals surface area contributed by atoms with Gasteiger partial charge in [0.1, 0.15) is 12.4 Å². The summed E-state index contributed by atoms with van der Waals surface area (Å²) >= 11 is 0. The maximum Gasteiger partial charge on any atom is 0.331 e. The highest BCUT2D eigenvalue weighted by Crippen LogP contribution is 2.15. The van der Waals surface area contributed by atoms with Gasteiger partial charge in [0.05, 0.1) is 0 Å². The van der Waals surface area contributed by atoms with Gasteiger partial charge in [0.25, 0.3) is 5.91 Å². The fourth-order valence-corrected chi connectivity index (χ4v) is 2.31. The molecule has 0 saturated carbocycles. The molecule has 0 aliphatic carbocycles. The Kier molecular flexibility index (Phi) is 7.37. The van der Waals surface area contributed by atoms with Crippen LogP contribution in [0.4, 0.5) is 5.69 Å². The second-order valence-electron chi connectivity index (χ2n) is 5.81. The number of benzene rings is 2. The Morgan fingerprint density at radius 3 is 2.41 bits per heavy atom. The van der Waals surface area contributed by atoms with Crippen LogP contribution in [-0.2, 0) is 14.3 Å². The van der Waals surface area contributed by atoms with E-state index in [0.29, 0.717) is 6.61 Å². The van der Waals surface area contributed by atoms with Crippen LogP contribution in [0, 0.1) is 0 Å². The van der Waals surface area contributed by atoms with Crippen molar-refractivity contribution in [3.05, 3.63) is 78.9 Å². The number of anilines is 1. The van der Waals surface area contributed by atoms with E-state index in [4.69, 9.17) is 9.47 Å². The standard InChI is InChI=1S/C22H23NO4/c1-4-16-26-20-13-10-18(11-14-20)12-15-21(24)27-17(2)22(25)23(3)19-8-6-5-7-9-19/h4-15,17H,1,16H2,2-3H3. The van der Waals surface area contributed by atoms with Crippen molar-refractivity contribution in [2.45, 2.75) is 13.0 Å². The third-order valence-corrected chi connectivity index (χ3v) is 3.77. The normalized spacial score (nSPS) is 11.6. The van der Waals surface area contributed by atoms with Crippen molar-refractivity contribution in [3.63, 3.8) is 0 Å². The lowest BCUT2D eigenvalue weighted by Crippen LogP contribution is -2.37. The topological polar surface area (TPSA) is 55.8 Å². The number of esters is 1. The first-order chi connectivity index (χ1) is 13.0. The maximum absolute atomic E-state index is 12.4. The third-order valence-electron chi connectivity index (χ3n) is 3.77. The van der Waals surface area contributed by atoms with Crippen molar-refractivity contribution in [1.82, 2.24) is 0 Å². The molecule has 0 spiro atoms. The van der Waals surface area contributed by atoms with Crippen molar-refractivity contribution in [3.8, 4) is 5.75 Å². The molecule has 0 aromatic heterocycles. The predicted molar refractivity (Wildman–Crippen MR) is 107 cm³/mol. The molecule has 5 heteroatoms. The van der Waals surface area contributed by atoms with Crippen molar-refractivity contribution >= 4 is 23.6 Å². The van der Waals surface area contributed by atoms with E-state index in [1.54, 1.807) is 38.3 Å². The van der Waals surface area contributed by atoms with Crippen LogP contribution in [-0.4, -0.2) is 31.6 Å². The zero-order valence-corrected chi connectivity index (χ0v) is 15.5. The molecular weight excluding hydrogens is 342 g/mol. The average molecular weight is 365 g/mol. The first-order valence-corrected chi connectivity index (χ1v) is 8.56. The van der Waals surface area contributed by atoms with E-state index in [-0.39, 0.29) is 5.91 Å². The van der Waals surface area contributed by atoms with Crippen LogP contribution < -0.4 is 9.64 Å². The Morgan fingerprint density at radius 1 is 1.11 bits per heavy atom. The lowest BCUT2D eigenvalue weighted by molar-refractivity contribution is -0.148. The molecule has 0 aliphatic heterocycles. The number of hydrogen-bond donors (Lipinski definition) is 0. The van der Waals surface area contributed by atoms with Crippen LogP contribution in [0.3, 0.4) is 0 Å². The Morgan fingerprint density at radius 2 is 1.78 bits per heavy atom. The van der Waals surface area contributed by atoms with Gasteiger partial charge in [-0.3, -0.25) is 4.79 Å². The number of para-hydroxylation sites is 1. The number of amides is 1. The van der Waals surface area contributed by atoms with E-state index in [1.165, 1.54) is 11.0 Å². The van der Waals surface area contributed by atoms with E-state index in [1.807, 2.05) is 42.5 Å². The predicted octanol–water partition coefficient (Wildman–Crippen LogP) is 3.86. The van der Waals surface area contributed by atoms with Crippen LogP contribution in [0.2, 0.25) is 0 Å². The van der Waals surface area contributed by atoms with Gasteiger partial charge >= 0.3 is 5.97 Å². The van der Waals surface area contributed by atoms with Gasteiger partial charge in [-0.15, -0.1) is 0 Å². The number of ether oxygens (including phenoxy) is 2. The molecule has 0 saturated heterocycles. The highest BCUT2D eigenvalue weighted by molar-refractivity contribution is 5.98. The summed E-state index contributed by atoms with van der Waals surface area (Å²) in [5, 5.41) is 0. The lowest BCUT2D eigenvalue weighted by Gasteiger charge is -2.21. The molecule has 0 heterocycles. The Hall–Kier alpha value is -3.34. The second kappa shape index (κ2) is 9.97. The summed E-state index contributed by atoms with van der Waals surface area (Å²) in [6.45, 7) is 5.58. The number of carbonyl (C=O) groups excluding carboxylic acids is 2. The quantitative estimate of drug-likeness (QED) is 0.405. The molecule has 0 bridgehead atoms. The van der Waals surface area contributed by atoms with E-state index in [9.17, 15) is 9.59 Å². The molecular formula is C22H23NO4. The molecule has 0 fully saturated rings. The van der Waals surface area contributed by atoms with E-state index in [2.05, 4.69) is 6.58 Å². The van der Waals surface area contributed by atoms with Gasteiger partial charge in [-0.25, -0.2) is 4.79 Å². The molecule has 27 heavy (non-hydrogen) atoms. The summed E-state index contributed by atoms with van der Waals surface area (Å²) in [4.78, 5) is 25.8. The summed E-state index contributed by atoms with van der Waals surface area (Å²) in [5.74, 6) is -0.159. The smallest absolute Gasteiger partial charge is 0.331 e. The summed E-state index contributed by atoms with van der Waals surface area (Å²) in [6.07, 6.45) is 3.70. The average Bonchev–Trinajstić information content (AvgIpc) is 2.71. The molecule has 1 amide bonds. The molecule has 0 N–H and O–H groups in total. The highest BCUT2D eigenvalue weighted by atomic mass is 16.5. The van der Waals surface area contributed by atoms with Gasteiger partial charge in [-0.1, -0.05) is 43.0 Å². The SMILES string of the molecule is C=CCOc1ccc(C=CC(=O)OC(C)C(=O)N(C)c2ccccc2)cc1. The second-order valence-corrected chi connectivity index (χ2v) is 5.81. The van der Waals surface area contributed by atoms with Gasteiger partial charge in [-0.05, 0) is 42.8 Å². The number of hydrogen-bond acceptors (Lipinski definition) is 4. The summed E-state index contributed by atoms with van der Waals surface area (Å²) in [5.41, 5.74) is 1.55. The van der Waals surface area contributed by atoms with Gasteiger partial charge in [-0.2, -0.15) is 0 Å². The molecule has 5 nitrogen and oxygen atoms in total. The highest BCUT2D eigenvalue weighted by Gasteiger charge is 2.21. The minimum absolute atomic E-state index is 0.299. The third kappa shape index (κ3) is 6.15. The summed E-state index contributed by atoms with van der Waals surface area (Å²) in [6, 6.07) is 16.4. The molecule has 2 aromatic rings. The number of likely N-dealkylation sites (N-methyl/N-ethyl adjacent to an activating group) is 1. The van der Waals surface area contributed by atoms with Crippen molar-refractivity contribution in [2.24, 2.45) is 0 Å². The maximum atomic E-state index is 12.4. The van der Waals surface area contributed by atoms with Crippen LogP contribution >= 0.6 is 0 Å². The number of carbonyl (C=O) groups is 2. The first-order valence-electron chi connectivity index (χ1n) is 8.56. The summed E-state index contributed by atoms with van der Waals surface area (Å²) < 4.78 is 10.6. The Labute approximate surface area is 159 Å². The van der Waals surface area contributed by atoms with Crippen LogP contribution in [0.5, 0.6) is 5.75 Å². The van der Waals surface area contributed by atoms with Gasteiger partial charge in [0.15, 0.2) is 6.10 Å². The largest absolute Gasteiger partial charge is 0.490 e. The molecule has 0 radical (unpaired) electrons. The van der Waals surface area contributed by atoms with Crippen LogP contribution in [0.25, 0.3) is 6.08 Å². The lowest BCUT2D eigenvalue weighted by atomic mass is 10.2. The van der Waals surface area contributed by atoms with Crippen molar-refractivity contribution in [2.75, 3.05) is 18.6 Å². The van der Waals surface area contributed by atoms with Crippen LogP contribution in [0.15, 0.2) is 73.3 Å². The molecule has 2 aromatic carbocycles. The van der Waals surface area contributed by atoms with Gasteiger partial charge in [0, 0.05) is 18.8 Å². The molecule has 2 rings (SSSR count). The molecule has 140 valence electrons. The van der Waals surface area contributed by atoms with E-state index >= 15 is 0 Å². The molecule has 1 unspecified atom stereocenters. The minimum atomic E-state index is -0.887. The Bertz CT molecular complexity index is 797. The summed E-state index contributed by atoms with van der Waals surface area (Å²) in [7, 11) is 1.65. The zero-order chi connectivity index (χ0) is 19.6. The monoisotopic (exact) mass is 365 g/mol. The van der Waals surface area contributed by atoms with Crippen molar-refractivity contribution in [1.29, 1.82) is 0 Å². The number of nitrogens with zero attached hydrogens (tertiary/aromatic N) is 1. The molecule has 1 atom stereocenters. The van der Waals surface area contributed by atoms with Crippen LogP contribution in [0.1, 0.15) is 12.5 Å². The fraction of sp³-hybridized carbons (Fsp3) is 0.182. The van der Waals surface area contributed by atoms with E-state index < -0.39 is 12.1 Å². The number of rotatable bonds is 8. The van der Waals surface area contributed by atoms with Crippen molar-refractivity contribution < 1.29 is 19.1 Å². The fourth-order valence-electron chi connectivity index (χ4n) is 2.31. The Balaban J connectivity index is 1.89. The first kappa shape index (κ1) is 20.0. The minimum Gasteiger partial charge on any atom is -0.490 e. The van der Waals surface area contributed by atoms with Gasteiger partial charge in [0.2, 0.25) is 0 Å². The van der Waals surface area contributed by atoms with E-state index in [0.717, 1.165) is 17.0 Å².